The number of hydrogen-bond acceptors (Lipinski definition) is 3. The van der Waals surface area contributed by atoms with Gasteiger partial charge in [-0.2, -0.15) is 0 Å². The molecule has 1 atom stereocenters. The first-order valence-corrected chi connectivity index (χ1v) is 9.51. The zero-order chi connectivity index (χ0) is 17.6. The van der Waals surface area contributed by atoms with E-state index in [0.717, 1.165) is 24.2 Å². The summed E-state index contributed by atoms with van der Waals surface area (Å²) in [7, 11) is 0. The van der Waals surface area contributed by atoms with Crippen LogP contribution in [0.2, 0.25) is 0 Å². The maximum absolute atomic E-state index is 12.7. The van der Waals surface area contributed by atoms with Crippen LogP contribution in [-0.4, -0.2) is 29.3 Å². The molecular formula is C20H22N2O2S. The predicted octanol–water partition coefficient (Wildman–Crippen LogP) is 3.46. The van der Waals surface area contributed by atoms with Gasteiger partial charge in [0.25, 0.3) is 5.91 Å². The Hall–Kier alpha value is -2.27. The minimum absolute atomic E-state index is 0.106. The molecule has 2 aromatic carbocycles. The standard InChI is InChI=1S/C20H22N2O2S/c21-19(23)18-8-4-5-13-22(18)20(24)16-11-9-15(10-12-16)14-25-17-6-2-1-3-7-17/h1-3,6-7,9-12,18H,4-5,8,13-14H2,(H2,21,23). The number of thioether (sulfide) groups is 1. The van der Waals surface area contributed by atoms with Crippen LogP contribution in [0.25, 0.3) is 0 Å². The molecule has 0 saturated carbocycles. The van der Waals surface area contributed by atoms with Crippen LogP contribution < -0.4 is 5.73 Å². The maximum Gasteiger partial charge on any atom is 0.254 e. The highest BCUT2D eigenvalue weighted by molar-refractivity contribution is 7.98. The molecule has 3 rings (SSSR count). The molecule has 2 amide bonds. The molecule has 130 valence electrons. The van der Waals surface area contributed by atoms with Crippen molar-refractivity contribution in [2.24, 2.45) is 5.73 Å². The number of benzene rings is 2. The normalized spacial score (nSPS) is 17.3. The molecule has 25 heavy (non-hydrogen) atoms. The van der Waals surface area contributed by atoms with E-state index in [0.29, 0.717) is 18.5 Å². The average Bonchev–Trinajstić information content (AvgIpc) is 2.67. The van der Waals surface area contributed by atoms with Crippen LogP contribution in [0.3, 0.4) is 0 Å². The second-order valence-corrected chi connectivity index (χ2v) is 7.26. The number of piperidine rings is 1. The highest BCUT2D eigenvalue weighted by Crippen LogP contribution is 2.23. The molecule has 5 heteroatoms. The molecule has 0 aliphatic carbocycles. The second-order valence-electron chi connectivity index (χ2n) is 6.21. The Labute approximate surface area is 152 Å². The van der Waals surface area contributed by atoms with Gasteiger partial charge in [-0.25, -0.2) is 0 Å². The third-order valence-corrected chi connectivity index (χ3v) is 5.52. The number of carbonyl (C=O) groups excluding carboxylic acids is 2. The van der Waals surface area contributed by atoms with Crippen LogP contribution in [0.15, 0.2) is 59.5 Å². The molecule has 2 aromatic rings. The van der Waals surface area contributed by atoms with Crippen molar-refractivity contribution in [3.8, 4) is 0 Å². The molecule has 0 spiro atoms. The quantitative estimate of drug-likeness (QED) is 0.837. The van der Waals surface area contributed by atoms with Gasteiger partial charge in [-0.3, -0.25) is 9.59 Å². The highest BCUT2D eigenvalue weighted by Gasteiger charge is 2.31. The minimum Gasteiger partial charge on any atom is -0.368 e. The fraction of sp³-hybridized carbons (Fsp3) is 0.300. The fourth-order valence-electron chi connectivity index (χ4n) is 3.06. The van der Waals surface area contributed by atoms with Crippen molar-refractivity contribution >= 4 is 23.6 Å². The average molecular weight is 354 g/mol. The van der Waals surface area contributed by atoms with E-state index in [1.165, 1.54) is 4.90 Å². The number of nitrogens with two attached hydrogens (primary N) is 1. The third kappa shape index (κ3) is 4.42. The maximum atomic E-state index is 12.7. The van der Waals surface area contributed by atoms with Gasteiger partial charge in [0, 0.05) is 22.8 Å². The van der Waals surface area contributed by atoms with Crippen LogP contribution in [-0.2, 0) is 10.5 Å². The van der Waals surface area contributed by atoms with Crippen LogP contribution >= 0.6 is 11.8 Å². The molecule has 0 radical (unpaired) electrons. The number of rotatable bonds is 5. The SMILES string of the molecule is NC(=O)C1CCCCN1C(=O)c1ccc(CSc2ccccc2)cc1. The largest absolute Gasteiger partial charge is 0.368 e. The van der Waals surface area contributed by atoms with Gasteiger partial charge >= 0.3 is 0 Å². The Morgan fingerprint density at radius 3 is 2.44 bits per heavy atom. The van der Waals surface area contributed by atoms with Crippen LogP contribution in [0, 0.1) is 0 Å². The molecule has 2 N–H and O–H groups in total. The smallest absolute Gasteiger partial charge is 0.254 e. The second kappa shape index (κ2) is 8.21. The van der Waals surface area contributed by atoms with Crippen LogP contribution in [0.4, 0.5) is 0 Å². The summed E-state index contributed by atoms with van der Waals surface area (Å²) in [5, 5.41) is 0. The van der Waals surface area contributed by atoms with E-state index in [4.69, 9.17) is 5.73 Å². The summed E-state index contributed by atoms with van der Waals surface area (Å²) in [6.07, 6.45) is 2.52. The molecule has 1 heterocycles. The van der Waals surface area contributed by atoms with Gasteiger partial charge < -0.3 is 10.6 Å². The van der Waals surface area contributed by atoms with Gasteiger partial charge in [0.1, 0.15) is 6.04 Å². The topological polar surface area (TPSA) is 63.4 Å². The number of hydrogen-bond donors (Lipinski definition) is 1. The summed E-state index contributed by atoms with van der Waals surface area (Å²) < 4.78 is 0. The van der Waals surface area contributed by atoms with E-state index in [1.807, 2.05) is 42.5 Å². The zero-order valence-corrected chi connectivity index (χ0v) is 14.9. The van der Waals surface area contributed by atoms with Crippen molar-refractivity contribution in [2.45, 2.75) is 36.0 Å². The van der Waals surface area contributed by atoms with Crippen molar-refractivity contribution in [3.05, 3.63) is 65.7 Å². The molecule has 0 bridgehead atoms. The van der Waals surface area contributed by atoms with Crippen molar-refractivity contribution < 1.29 is 9.59 Å². The third-order valence-electron chi connectivity index (χ3n) is 4.44. The first-order chi connectivity index (χ1) is 12.1. The lowest BCUT2D eigenvalue weighted by Gasteiger charge is -2.33. The lowest BCUT2D eigenvalue weighted by atomic mass is 10.00. The summed E-state index contributed by atoms with van der Waals surface area (Å²) in [5.41, 5.74) is 7.23. The van der Waals surface area contributed by atoms with Gasteiger partial charge in [0.05, 0.1) is 0 Å². The van der Waals surface area contributed by atoms with Crippen LogP contribution in [0.1, 0.15) is 35.2 Å². The lowest BCUT2D eigenvalue weighted by Crippen LogP contribution is -2.50. The number of nitrogens with zero attached hydrogens (tertiary/aromatic N) is 1. The minimum atomic E-state index is -0.477. The molecule has 1 unspecified atom stereocenters. The summed E-state index contributed by atoms with van der Waals surface area (Å²) in [6, 6.07) is 17.4. The monoisotopic (exact) mass is 354 g/mol. The molecule has 1 fully saturated rings. The first-order valence-electron chi connectivity index (χ1n) is 8.52. The summed E-state index contributed by atoms with van der Waals surface area (Å²) in [6.45, 7) is 0.595. The Bertz CT molecular complexity index is 731. The summed E-state index contributed by atoms with van der Waals surface area (Å²) in [4.78, 5) is 27.2. The summed E-state index contributed by atoms with van der Waals surface area (Å²) >= 11 is 1.76. The van der Waals surface area contributed by atoms with E-state index in [2.05, 4.69) is 12.1 Å². The Kier molecular flexibility index (Phi) is 5.76. The lowest BCUT2D eigenvalue weighted by molar-refractivity contribution is -0.123. The Morgan fingerprint density at radius 1 is 1.04 bits per heavy atom. The first kappa shape index (κ1) is 17.5. The van der Waals surface area contributed by atoms with Crippen molar-refractivity contribution in [1.82, 2.24) is 4.90 Å². The van der Waals surface area contributed by atoms with Gasteiger partial charge in [-0.1, -0.05) is 30.3 Å². The summed E-state index contributed by atoms with van der Waals surface area (Å²) in [5.74, 6) is 0.334. The number of primary amides is 1. The van der Waals surface area contributed by atoms with Crippen molar-refractivity contribution in [3.63, 3.8) is 0 Å². The Morgan fingerprint density at radius 2 is 1.76 bits per heavy atom. The van der Waals surface area contributed by atoms with Crippen molar-refractivity contribution in [2.75, 3.05) is 6.54 Å². The Balaban J connectivity index is 1.65. The fourth-order valence-corrected chi connectivity index (χ4v) is 3.94. The van der Waals surface area contributed by atoms with Gasteiger partial charge in [0.15, 0.2) is 0 Å². The number of carbonyl (C=O) groups is 2. The van der Waals surface area contributed by atoms with Gasteiger partial charge in [0.2, 0.25) is 5.91 Å². The van der Waals surface area contributed by atoms with E-state index < -0.39 is 11.9 Å². The van der Waals surface area contributed by atoms with E-state index >= 15 is 0 Å². The molecule has 1 aliphatic rings. The highest BCUT2D eigenvalue weighted by atomic mass is 32.2. The van der Waals surface area contributed by atoms with Gasteiger partial charge in [-0.05, 0) is 49.1 Å². The van der Waals surface area contributed by atoms with Crippen LogP contribution in [0.5, 0.6) is 0 Å². The predicted molar refractivity (Wildman–Crippen MR) is 100 cm³/mol. The molecule has 0 aromatic heterocycles. The van der Waals surface area contributed by atoms with E-state index in [9.17, 15) is 9.59 Å². The molecule has 4 nitrogen and oxygen atoms in total. The van der Waals surface area contributed by atoms with E-state index in [1.54, 1.807) is 16.7 Å². The van der Waals surface area contributed by atoms with Crippen molar-refractivity contribution in [1.29, 1.82) is 0 Å². The molecular weight excluding hydrogens is 332 g/mol. The van der Waals surface area contributed by atoms with Gasteiger partial charge in [-0.15, -0.1) is 11.8 Å². The van der Waals surface area contributed by atoms with E-state index in [-0.39, 0.29) is 5.91 Å². The number of amides is 2. The zero-order valence-electron chi connectivity index (χ0n) is 14.1. The molecule has 1 aliphatic heterocycles. The number of likely N-dealkylation sites (tertiary alicyclic amines) is 1. The molecule has 1 saturated heterocycles.